The summed E-state index contributed by atoms with van der Waals surface area (Å²) < 4.78 is 0. The van der Waals surface area contributed by atoms with Crippen LogP contribution >= 0.6 is 0 Å². The fourth-order valence-electron chi connectivity index (χ4n) is 3.11. The van der Waals surface area contributed by atoms with Gasteiger partial charge in [0.2, 0.25) is 5.91 Å². The second-order valence-electron chi connectivity index (χ2n) is 6.85. The van der Waals surface area contributed by atoms with Crippen LogP contribution in [0.1, 0.15) is 16.7 Å². The smallest absolute Gasteiger partial charge is 0.236 e. The molecule has 0 radical (unpaired) electrons. The summed E-state index contributed by atoms with van der Waals surface area (Å²) in [6.45, 7) is 2.53. The van der Waals surface area contributed by atoms with Gasteiger partial charge in [-0.3, -0.25) is 9.69 Å². The molecule has 0 atom stereocenters. The highest BCUT2D eigenvalue weighted by Crippen LogP contribution is 2.11. The van der Waals surface area contributed by atoms with Gasteiger partial charge in [0.05, 0.1) is 6.54 Å². The second kappa shape index (κ2) is 9.70. The molecule has 0 heterocycles. The molecule has 3 aromatic rings. The molecule has 0 aromatic heterocycles. The minimum absolute atomic E-state index is 0.130. The van der Waals surface area contributed by atoms with E-state index in [0.29, 0.717) is 13.1 Å². The maximum atomic E-state index is 12.8. The average Bonchev–Trinajstić information content (AvgIpc) is 2.70. The Morgan fingerprint density at radius 3 is 1.41 bits per heavy atom. The van der Waals surface area contributed by atoms with Gasteiger partial charge in [-0.25, -0.2) is 0 Å². The highest BCUT2D eigenvalue weighted by molar-refractivity contribution is 5.78. The lowest BCUT2D eigenvalue weighted by Gasteiger charge is -2.25. The Kier molecular flexibility index (Phi) is 6.78. The van der Waals surface area contributed by atoms with E-state index in [1.807, 2.05) is 61.6 Å². The Balaban J connectivity index is 1.66. The predicted molar refractivity (Wildman–Crippen MR) is 110 cm³/mol. The van der Waals surface area contributed by atoms with Gasteiger partial charge in [-0.1, -0.05) is 91.0 Å². The van der Waals surface area contributed by atoms with E-state index in [0.717, 1.165) is 18.7 Å². The van der Waals surface area contributed by atoms with Gasteiger partial charge in [0, 0.05) is 26.7 Å². The van der Waals surface area contributed by atoms with Crippen molar-refractivity contribution in [1.82, 2.24) is 9.80 Å². The van der Waals surface area contributed by atoms with Gasteiger partial charge >= 0.3 is 0 Å². The molecule has 1 amide bonds. The zero-order valence-electron chi connectivity index (χ0n) is 15.8. The van der Waals surface area contributed by atoms with Crippen LogP contribution in [-0.2, 0) is 24.4 Å². The number of hydrogen-bond donors (Lipinski definition) is 0. The Hall–Kier alpha value is -2.91. The standard InChI is InChI=1S/C24H26N2O/c1-25(17-21-11-5-2-6-12-21)24(27)20-26(18-22-13-7-3-8-14-22)19-23-15-9-4-10-16-23/h2-16H,17-20H2,1H3. The van der Waals surface area contributed by atoms with Crippen molar-refractivity contribution in [1.29, 1.82) is 0 Å². The molecule has 0 aliphatic heterocycles. The van der Waals surface area contributed by atoms with Gasteiger partial charge in [0.15, 0.2) is 0 Å². The van der Waals surface area contributed by atoms with Crippen molar-refractivity contribution < 1.29 is 4.79 Å². The summed E-state index contributed by atoms with van der Waals surface area (Å²) in [6, 6.07) is 30.7. The lowest BCUT2D eigenvalue weighted by atomic mass is 10.1. The first kappa shape index (κ1) is 18.9. The van der Waals surface area contributed by atoms with Crippen molar-refractivity contribution in [2.75, 3.05) is 13.6 Å². The molecule has 0 saturated heterocycles. The lowest BCUT2D eigenvalue weighted by Crippen LogP contribution is -2.37. The minimum atomic E-state index is 0.130. The maximum absolute atomic E-state index is 12.8. The van der Waals surface area contributed by atoms with Crippen LogP contribution in [0.3, 0.4) is 0 Å². The maximum Gasteiger partial charge on any atom is 0.236 e. The van der Waals surface area contributed by atoms with Crippen LogP contribution in [0.2, 0.25) is 0 Å². The zero-order chi connectivity index (χ0) is 18.9. The van der Waals surface area contributed by atoms with Crippen LogP contribution in [0.5, 0.6) is 0 Å². The highest BCUT2D eigenvalue weighted by atomic mass is 16.2. The number of likely N-dealkylation sites (N-methyl/N-ethyl adjacent to an activating group) is 1. The quantitative estimate of drug-likeness (QED) is 0.598. The van der Waals surface area contributed by atoms with Gasteiger partial charge in [-0.05, 0) is 16.7 Å². The van der Waals surface area contributed by atoms with Gasteiger partial charge in [0.1, 0.15) is 0 Å². The second-order valence-corrected chi connectivity index (χ2v) is 6.85. The summed E-state index contributed by atoms with van der Waals surface area (Å²) in [6.07, 6.45) is 0. The van der Waals surface area contributed by atoms with Crippen LogP contribution in [0.25, 0.3) is 0 Å². The van der Waals surface area contributed by atoms with Crippen molar-refractivity contribution in [3.05, 3.63) is 108 Å². The van der Waals surface area contributed by atoms with Crippen LogP contribution in [0.4, 0.5) is 0 Å². The molecule has 0 saturated carbocycles. The van der Waals surface area contributed by atoms with Crippen LogP contribution < -0.4 is 0 Å². The average molecular weight is 358 g/mol. The van der Waals surface area contributed by atoms with Crippen molar-refractivity contribution >= 4 is 5.91 Å². The lowest BCUT2D eigenvalue weighted by molar-refractivity contribution is -0.131. The monoisotopic (exact) mass is 358 g/mol. The third kappa shape index (κ3) is 6.08. The molecule has 138 valence electrons. The summed E-state index contributed by atoms with van der Waals surface area (Å²) in [5, 5.41) is 0. The number of benzene rings is 3. The number of rotatable bonds is 8. The number of carbonyl (C=O) groups is 1. The Morgan fingerprint density at radius 2 is 1.00 bits per heavy atom. The largest absolute Gasteiger partial charge is 0.340 e. The molecule has 0 N–H and O–H groups in total. The molecule has 3 nitrogen and oxygen atoms in total. The Labute approximate surface area is 161 Å². The molecule has 3 rings (SSSR count). The SMILES string of the molecule is CN(Cc1ccccc1)C(=O)CN(Cc1ccccc1)Cc1ccccc1. The number of amides is 1. The van der Waals surface area contributed by atoms with Crippen LogP contribution in [0.15, 0.2) is 91.0 Å². The van der Waals surface area contributed by atoms with E-state index < -0.39 is 0 Å². The Bertz CT molecular complexity index is 777. The van der Waals surface area contributed by atoms with Crippen molar-refractivity contribution in [2.45, 2.75) is 19.6 Å². The van der Waals surface area contributed by atoms with E-state index in [4.69, 9.17) is 0 Å². The first-order chi connectivity index (χ1) is 13.2. The summed E-state index contributed by atoms with van der Waals surface area (Å²) in [5.74, 6) is 0.130. The number of carbonyl (C=O) groups excluding carboxylic acids is 1. The summed E-state index contributed by atoms with van der Waals surface area (Å²) in [4.78, 5) is 16.8. The first-order valence-electron chi connectivity index (χ1n) is 9.29. The topological polar surface area (TPSA) is 23.6 Å². The Morgan fingerprint density at radius 1 is 0.630 bits per heavy atom. The minimum Gasteiger partial charge on any atom is -0.340 e. The molecule has 0 aliphatic rings. The van der Waals surface area contributed by atoms with Gasteiger partial charge < -0.3 is 4.90 Å². The van der Waals surface area contributed by atoms with E-state index in [1.165, 1.54) is 11.1 Å². The molecule has 27 heavy (non-hydrogen) atoms. The van der Waals surface area contributed by atoms with Crippen molar-refractivity contribution in [2.24, 2.45) is 0 Å². The number of nitrogens with zero attached hydrogens (tertiary/aromatic N) is 2. The summed E-state index contributed by atoms with van der Waals surface area (Å²) >= 11 is 0. The molecule has 0 unspecified atom stereocenters. The molecular weight excluding hydrogens is 332 g/mol. The molecule has 0 fully saturated rings. The highest BCUT2D eigenvalue weighted by Gasteiger charge is 2.15. The summed E-state index contributed by atoms with van der Waals surface area (Å²) in [5.41, 5.74) is 3.57. The fourth-order valence-corrected chi connectivity index (χ4v) is 3.11. The molecular formula is C24H26N2O. The van der Waals surface area contributed by atoms with E-state index in [9.17, 15) is 4.79 Å². The van der Waals surface area contributed by atoms with Crippen molar-refractivity contribution in [3.63, 3.8) is 0 Å². The fraction of sp³-hybridized carbons (Fsp3) is 0.208. The zero-order valence-corrected chi connectivity index (χ0v) is 15.8. The van der Waals surface area contributed by atoms with Gasteiger partial charge in [0.25, 0.3) is 0 Å². The summed E-state index contributed by atoms with van der Waals surface area (Å²) in [7, 11) is 1.87. The number of hydrogen-bond acceptors (Lipinski definition) is 2. The normalized spacial score (nSPS) is 10.7. The molecule has 0 bridgehead atoms. The molecule has 3 heteroatoms. The van der Waals surface area contributed by atoms with E-state index in [1.54, 1.807) is 4.90 Å². The van der Waals surface area contributed by atoms with Gasteiger partial charge in [-0.15, -0.1) is 0 Å². The van der Waals surface area contributed by atoms with E-state index in [-0.39, 0.29) is 5.91 Å². The third-order valence-corrected chi connectivity index (χ3v) is 4.55. The van der Waals surface area contributed by atoms with Crippen LogP contribution in [0, 0.1) is 0 Å². The first-order valence-corrected chi connectivity index (χ1v) is 9.29. The molecule has 0 spiro atoms. The van der Waals surface area contributed by atoms with Gasteiger partial charge in [-0.2, -0.15) is 0 Å². The molecule has 0 aliphatic carbocycles. The third-order valence-electron chi connectivity index (χ3n) is 4.55. The van der Waals surface area contributed by atoms with Crippen LogP contribution in [-0.4, -0.2) is 29.3 Å². The predicted octanol–water partition coefficient (Wildman–Crippen LogP) is 4.35. The van der Waals surface area contributed by atoms with E-state index in [2.05, 4.69) is 41.3 Å². The van der Waals surface area contributed by atoms with E-state index >= 15 is 0 Å². The molecule has 3 aromatic carbocycles. The van der Waals surface area contributed by atoms with Crippen molar-refractivity contribution in [3.8, 4) is 0 Å².